The third kappa shape index (κ3) is 3.73. The zero-order valence-corrected chi connectivity index (χ0v) is 16.0. The van der Waals surface area contributed by atoms with Crippen LogP contribution < -0.4 is 20.3 Å². The van der Waals surface area contributed by atoms with Crippen molar-refractivity contribution in [1.29, 1.82) is 0 Å². The van der Waals surface area contributed by atoms with Crippen molar-refractivity contribution in [3.63, 3.8) is 0 Å². The number of carbonyl (C=O) groups excluding carboxylic acids is 2. The molecule has 0 saturated heterocycles. The Kier molecular flexibility index (Phi) is 5.30. The first-order valence-corrected chi connectivity index (χ1v) is 9.78. The number of carbonyl (C=O) groups is 2. The van der Waals surface area contributed by atoms with Crippen molar-refractivity contribution in [2.75, 3.05) is 24.5 Å². The Morgan fingerprint density at radius 2 is 2.00 bits per heavy atom. The Hall–Kier alpha value is -2.86. The van der Waals surface area contributed by atoms with E-state index in [9.17, 15) is 9.59 Å². The second kappa shape index (κ2) is 8.02. The fourth-order valence-electron chi connectivity index (χ4n) is 3.88. The lowest BCUT2D eigenvalue weighted by Gasteiger charge is -2.33. The van der Waals surface area contributed by atoms with Gasteiger partial charge in [0, 0.05) is 25.6 Å². The molecule has 2 heterocycles. The summed E-state index contributed by atoms with van der Waals surface area (Å²) in [6, 6.07) is 15.9. The predicted octanol–water partition coefficient (Wildman–Crippen LogP) is 2.19. The Bertz CT molecular complexity index is 883. The van der Waals surface area contributed by atoms with Crippen molar-refractivity contribution in [2.45, 2.75) is 31.9 Å². The van der Waals surface area contributed by atoms with E-state index >= 15 is 0 Å². The number of amides is 2. The number of rotatable bonds is 5. The van der Waals surface area contributed by atoms with Gasteiger partial charge in [0.15, 0.2) is 6.10 Å². The molecule has 6 nitrogen and oxygen atoms in total. The molecule has 0 spiro atoms. The monoisotopic (exact) mass is 379 g/mol. The summed E-state index contributed by atoms with van der Waals surface area (Å²) in [5.41, 5.74) is 3.31. The molecule has 0 saturated carbocycles. The topological polar surface area (TPSA) is 70.7 Å². The molecule has 4 rings (SSSR count). The largest absolute Gasteiger partial charge is 0.479 e. The Morgan fingerprint density at radius 3 is 2.89 bits per heavy atom. The van der Waals surface area contributed by atoms with Crippen LogP contribution in [0.3, 0.4) is 0 Å². The second-order valence-corrected chi connectivity index (χ2v) is 7.23. The first-order valence-electron chi connectivity index (χ1n) is 9.78. The van der Waals surface area contributed by atoms with Crippen LogP contribution in [0.15, 0.2) is 48.5 Å². The van der Waals surface area contributed by atoms with E-state index in [0.717, 1.165) is 18.7 Å². The quantitative estimate of drug-likeness (QED) is 0.836. The Balaban J connectivity index is 1.35. The van der Waals surface area contributed by atoms with Crippen molar-refractivity contribution in [3.8, 4) is 5.75 Å². The van der Waals surface area contributed by atoms with E-state index < -0.39 is 6.10 Å². The van der Waals surface area contributed by atoms with E-state index in [1.807, 2.05) is 30.3 Å². The maximum Gasteiger partial charge on any atom is 0.267 e. The average Bonchev–Trinajstić information content (AvgIpc) is 2.72. The molecular weight excluding hydrogens is 354 g/mol. The fraction of sp³-hybridized carbons (Fsp3) is 0.364. The van der Waals surface area contributed by atoms with Crippen LogP contribution in [0.1, 0.15) is 30.5 Å². The van der Waals surface area contributed by atoms with Crippen LogP contribution in [-0.2, 0) is 16.0 Å². The summed E-state index contributed by atoms with van der Waals surface area (Å²) in [5, 5.41) is 6.48. The molecule has 0 bridgehead atoms. The van der Waals surface area contributed by atoms with Crippen LogP contribution >= 0.6 is 0 Å². The van der Waals surface area contributed by atoms with Gasteiger partial charge in [0.05, 0.1) is 5.69 Å². The highest BCUT2D eigenvalue weighted by Gasteiger charge is 2.31. The summed E-state index contributed by atoms with van der Waals surface area (Å²) in [6.07, 6.45) is 0.722. The first-order chi connectivity index (χ1) is 13.6. The zero-order valence-electron chi connectivity index (χ0n) is 16.0. The summed E-state index contributed by atoms with van der Waals surface area (Å²) >= 11 is 0. The highest BCUT2D eigenvalue weighted by Crippen LogP contribution is 2.33. The van der Waals surface area contributed by atoms with E-state index in [1.54, 1.807) is 11.8 Å². The maximum absolute atomic E-state index is 12.5. The number of fused-ring (bicyclic) bond motifs is 2. The molecule has 2 aliphatic rings. The van der Waals surface area contributed by atoms with Crippen LogP contribution in [0.5, 0.6) is 5.75 Å². The van der Waals surface area contributed by atoms with E-state index in [1.165, 1.54) is 11.1 Å². The van der Waals surface area contributed by atoms with E-state index in [0.29, 0.717) is 18.8 Å². The molecule has 2 N–H and O–H groups in total. The Morgan fingerprint density at radius 1 is 1.21 bits per heavy atom. The summed E-state index contributed by atoms with van der Waals surface area (Å²) in [4.78, 5) is 26.6. The standard InChI is InChI=1S/C22H25N3O3/c1-15-22(27)25(19-8-4-5-9-20(19)28-15)13-11-21(26)24-14-18-17-7-3-2-6-16(17)10-12-23-18/h2-9,15,18,23H,10-14H2,1H3,(H,24,26). The van der Waals surface area contributed by atoms with Crippen LogP contribution in [0, 0.1) is 0 Å². The zero-order chi connectivity index (χ0) is 19.5. The summed E-state index contributed by atoms with van der Waals surface area (Å²) < 4.78 is 5.64. The molecule has 0 aliphatic carbocycles. The van der Waals surface area contributed by atoms with E-state index in [2.05, 4.69) is 28.8 Å². The number of benzene rings is 2. The van der Waals surface area contributed by atoms with Gasteiger partial charge < -0.3 is 20.3 Å². The lowest BCUT2D eigenvalue weighted by molar-refractivity contribution is -0.125. The minimum Gasteiger partial charge on any atom is -0.479 e. The van der Waals surface area contributed by atoms with Crippen molar-refractivity contribution in [2.24, 2.45) is 0 Å². The second-order valence-electron chi connectivity index (χ2n) is 7.23. The molecule has 28 heavy (non-hydrogen) atoms. The molecule has 0 fully saturated rings. The molecular formula is C22H25N3O3. The molecule has 0 radical (unpaired) electrons. The number of anilines is 1. The number of ether oxygens (including phenoxy) is 1. The van der Waals surface area contributed by atoms with Gasteiger partial charge in [0.2, 0.25) is 5.91 Å². The van der Waals surface area contributed by atoms with Crippen molar-refractivity contribution >= 4 is 17.5 Å². The summed E-state index contributed by atoms with van der Waals surface area (Å²) in [7, 11) is 0. The van der Waals surface area contributed by atoms with Gasteiger partial charge in [-0.05, 0) is 43.1 Å². The molecule has 2 aliphatic heterocycles. The number of nitrogens with zero attached hydrogens (tertiary/aromatic N) is 1. The highest BCUT2D eigenvalue weighted by atomic mass is 16.5. The minimum atomic E-state index is -0.541. The number of hydrogen-bond donors (Lipinski definition) is 2. The Labute approximate surface area is 164 Å². The van der Waals surface area contributed by atoms with Crippen LogP contribution in [0.4, 0.5) is 5.69 Å². The first kappa shape index (κ1) is 18.5. The van der Waals surface area contributed by atoms with Gasteiger partial charge in [0.1, 0.15) is 5.75 Å². The molecule has 146 valence electrons. The van der Waals surface area contributed by atoms with E-state index in [-0.39, 0.29) is 24.3 Å². The van der Waals surface area contributed by atoms with Crippen LogP contribution in [-0.4, -0.2) is 37.6 Å². The summed E-state index contributed by atoms with van der Waals surface area (Å²) in [6.45, 7) is 3.52. The van der Waals surface area contributed by atoms with Crippen LogP contribution in [0.2, 0.25) is 0 Å². The van der Waals surface area contributed by atoms with Gasteiger partial charge in [0.25, 0.3) is 5.91 Å². The molecule has 2 unspecified atom stereocenters. The number of nitrogens with one attached hydrogen (secondary N) is 2. The number of hydrogen-bond acceptors (Lipinski definition) is 4. The van der Waals surface area contributed by atoms with Crippen molar-refractivity contribution < 1.29 is 14.3 Å². The lowest BCUT2D eigenvalue weighted by Crippen LogP contribution is -2.46. The van der Waals surface area contributed by atoms with Gasteiger partial charge >= 0.3 is 0 Å². The van der Waals surface area contributed by atoms with Gasteiger partial charge in [-0.3, -0.25) is 9.59 Å². The van der Waals surface area contributed by atoms with Gasteiger partial charge in [-0.15, -0.1) is 0 Å². The van der Waals surface area contributed by atoms with Crippen LogP contribution in [0.25, 0.3) is 0 Å². The maximum atomic E-state index is 12.5. The fourth-order valence-corrected chi connectivity index (χ4v) is 3.88. The molecule has 2 atom stereocenters. The average molecular weight is 379 g/mol. The molecule has 0 aromatic heterocycles. The van der Waals surface area contributed by atoms with E-state index in [4.69, 9.17) is 4.74 Å². The van der Waals surface area contributed by atoms with Crippen molar-refractivity contribution in [1.82, 2.24) is 10.6 Å². The third-order valence-electron chi connectivity index (χ3n) is 5.36. The lowest BCUT2D eigenvalue weighted by atomic mass is 9.94. The predicted molar refractivity (Wildman–Crippen MR) is 107 cm³/mol. The SMILES string of the molecule is CC1Oc2ccccc2N(CCC(=O)NCC2NCCc3ccccc32)C1=O. The van der Waals surface area contributed by atoms with Gasteiger partial charge in [-0.2, -0.15) is 0 Å². The normalized spacial score (nSPS) is 20.8. The van der Waals surface area contributed by atoms with Crippen molar-refractivity contribution in [3.05, 3.63) is 59.7 Å². The van der Waals surface area contributed by atoms with Gasteiger partial charge in [-0.25, -0.2) is 0 Å². The highest BCUT2D eigenvalue weighted by molar-refractivity contribution is 6.00. The smallest absolute Gasteiger partial charge is 0.267 e. The number of para-hydroxylation sites is 2. The molecule has 2 aromatic rings. The summed E-state index contributed by atoms with van der Waals surface area (Å²) in [5.74, 6) is 0.502. The molecule has 2 aromatic carbocycles. The molecule has 6 heteroatoms. The third-order valence-corrected chi connectivity index (χ3v) is 5.36. The molecule has 2 amide bonds. The minimum absolute atomic E-state index is 0.0609. The van der Waals surface area contributed by atoms with Gasteiger partial charge in [-0.1, -0.05) is 36.4 Å².